The molecule has 106 valence electrons. The van der Waals surface area contributed by atoms with E-state index in [-0.39, 0.29) is 11.9 Å². The summed E-state index contributed by atoms with van der Waals surface area (Å²) >= 11 is 6.18. The van der Waals surface area contributed by atoms with E-state index in [1.807, 2.05) is 44.2 Å². The lowest BCUT2D eigenvalue weighted by Crippen LogP contribution is -2.06. The standard InChI is InChI=1S/C16H18ClNO2/c1-11(2)20-16-7-6-13(9-15(16)17)18-10-12-4-3-5-14(19)8-12/h3-9,11,18-19H,10H2,1-2H3. The third-order valence-electron chi connectivity index (χ3n) is 2.70. The highest BCUT2D eigenvalue weighted by Gasteiger charge is 2.05. The Hall–Kier alpha value is -1.87. The van der Waals surface area contributed by atoms with Gasteiger partial charge in [-0.25, -0.2) is 0 Å². The van der Waals surface area contributed by atoms with Crippen molar-refractivity contribution in [2.75, 3.05) is 5.32 Å². The molecule has 20 heavy (non-hydrogen) atoms. The first-order chi connectivity index (χ1) is 9.54. The van der Waals surface area contributed by atoms with Crippen LogP contribution in [0.4, 0.5) is 5.69 Å². The molecule has 0 amide bonds. The topological polar surface area (TPSA) is 41.5 Å². The summed E-state index contributed by atoms with van der Waals surface area (Å²) in [5, 5.41) is 13.3. The van der Waals surface area contributed by atoms with E-state index < -0.39 is 0 Å². The first kappa shape index (κ1) is 14.5. The van der Waals surface area contributed by atoms with Crippen molar-refractivity contribution in [3.05, 3.63) is 53.1 Å². The van der Waals surface area contributed by atoms with Gasteiger partial charge in [0.05, 0.1) is 11.1 Å². The van der Waals surface area contributed by atoms with Crippen LogP contribution in [0.1, 0.15) is 19.4 Å². The molecule has 0 atom stereocenters. The second-order valence-corrected chi connectivity index (χ2v) is 5.24. The van der Waals surface area contributed by atoms with Crippen LogP contribution in [-0.2, 0) is 6.54 Å². The summed E-state index contributed by atoms with van der Waals surface area (Å²) in [6, 6.07) is 12.8. The molecule has 4 heteroatoms. The van der Waals surface area contributed by atoms with E-state index in [2.05, 4.69) is 5.32 Å². The number of anilines is 1. The number of benzene rings is 2. The summed E-state index contributed by atoms with van der Waals surface area (Å²) in [6.45, 7) is 4.55. The number of nitrogens with one attached hydrogen (secondary N) is 1. The molecule has 2 rings (SSSR count). The maximum absolute atomic E-state index is 9.41. The number of phenols is 1. The first-order valence-corrected chi connectivity index (χ1v) is 6.90. The zero-order valence-electron chi connectivity index (χ0n) is 11.6. The average Bonchev–Trinajstić information content (AvgIpc) is 2.39. The number of rotatable bonds is 5. The molecule has 0 bridgehead atoms. The lowest BCUT2D eigenvalue weighted by atomic mass is 10.2. The van der Waals surface area contributed by atoms with Gasteiger partial charge < -0.3 is 15.2 Å². The molecule has 2 N–H and O–H groups in total. The quantitative estimate of drug-likeness (QED) is 0.855. The fourth-order valence-corrected chi connectivity index (χ4v) is 2.06. The van der Waals surface area contributed by atoms with Crippen LogP contribution in [0.25, 0.3) is 0 Å². The Morgan fingerprint density at radius 2 is 2.00 bits per heavy atom. The summed E-state index contributed by atoms with van der Waals surface area (Å²) in [7, 11) is 0. The molecule has 0 spiro atoms. The smallest absolute Gasteiger partial charge is 0.138 e. The van der Waals surface area contributed by atoms with Crippen molar-refractivity contribution in [1.82, 2.24) is 0 Å². The summed E-state index contributed by atoms with van der Waals surface area (Å²) in [5.74, 6) is 0.951. The van der Waals surface area contributed by atoms with Gasteiger partial charge >= 0.3 is 0 Å². The summed E-state index contributed by atoms with van der Waals surface area (Å²) in [5.41, 5.74) is 1.91. The second kappa shape index (κ2) is 6.53. The van der Waals surface area contributed by atoms with Crippen molar-refractivity contribution in [2.45, 2.75) is 26.5 Å². The lowest BCUT2D eigenvalue weighted by molar-refractivity contribution is 0.242. The Morgan fingerprint density at radius 1 is 1.20 bits per heavy atom. The highest BCUT2D eigenvalue weighted by atomic mass is 35.5. The van der Waals surface area contributed by atoms with Crippen molar-refractivity contribution < 1.29 is 9.84 Å². The molecule has 0 radical (unpaired) electrons. The predicted molar refractivity (Wildman–Crippen MR) is 82.6 cm³/mol. The molecule has 0 aromatic heterocycles. The molecule has 2 aromatic carbocycles. The van der Waals surface area contributed by atoms with E-state index in [4.69, 9.17) is 16.3 Å². The fraction of sp³-hybridized carbons (Fsp3) is 0.250. The van der Waals surface area contributed by atoms with E-state index in [0.717, 1.165) is 11.3 Å². The lowest BCUT2D eigenvalue weighted by Gasteiger charge is -2.13. The molecular formula is C16H18ClNO2. The maximum atomic E-state index is 9.41. The van der Waals surface area contributed by atoms with Crippen LogP contribution in [0, 0.1) is 0 Å². The van der Waals surface area contributed by atoms with E-state index in [0.29, 0.717) is 17.3 Å². The third kappa shape index (κ3) is 4.07. The van der Waals surface area contributed by atoms with Gasteiger partial charge in [-0.15, -0.1) is 0 Å². The van der Waals surface area contributed by atoms with Crippen LogP contribution in [0.3, 0.4) is 0 Å². The van der Waals surface area contributed by atoms with Crippen molar-refractivity contribution in [3.8, 4) is 11.5 Å². The van der Waals surface area contributed by atoms with Gasteiger partial charge in [0.1, 0.15) is 11.5 Å². The molecule has 0 unspecified atom stereocenters. The second-order valence-electron chi connectivity index (χ2n) is 4.84. The van der Waals surface area contributed by atoms with Crippen LogP contribution < -0.4 is 10.1 Å². The normalized spacial score (nSPS) is 10.6. The number of hydrogen-bond acceptors (Lipinski definition) is 3. The Morgan fingerprint density at radius 3 is 2.65 bits per heavy atom. The van der Waals surface area contributed by atoms with Crippen molar-refractivity contribution >= 4 is 17.3 Å². The minimum absolute atomic E-state index is 0.0959. The molecule has 2 aromatic rings. The monoisotopic (exact) mass is 291 g/mol. The molecule has 0 aliphatic carbocycles. The number of hydrogen-bond donors (Lipinski definition) is 2. The molecule has 3 nitrogen and oxygen atoms in total. The molecule has 0 heterocycles. The van der Waals surface area contributed by atoms with Crippen molar-refractivity contribution in [3.63, 3.8) is 0 Å². The van der Waals surface area contributed by atoms with Gasteiger partial charge in [-0.05, 0) is 49.7 Å². The minimum atomic E-state index is 0.0959. The number of aromatic hydroxyl groups is 1. The Labute approximate surface area is 124 Å². The maximum Gasteiger partial charge on any atom is 0.138 e. The third-order valence-corrected chi connectivity index (χ3v) is 3.00. The highest BCUT2D eigenvalue weighted by molar-refractivity contribution is 6.32. The summed E-state index contributed by atoms with van der Waals surface area (Å²) in [6.07, 6.45) is 0.0959. The van der Waals surface area contributed by atoms with E-state index >= 15 is 0 Å². The van der Waals surface area contributed by atoms with Crippen LogP contribution in [0.15, 0.2) is 42.5 Å². The SMILES string of the molecule is CC(C)Oc1ccc(NCc2cccc(O)c2)cc1Cl. The molecule has 0 saturated carbocycles. The van der Waals surface area contributed by atoms with E-state index in [1.165, 1.54) is 0 Å². The number of phenolic OH excluding ortho intramolecular Hbond substituents is 1. The van der Waals surface area contributed by atoms with Crippen LogP contribution in [0.5, 0.6) is 11.5 Å². The highest BCUT2D eigenvalue weighted by Crippen LogP contribution is 2.28. The van der Waals surface area contributed by atoms with Gasteiger partial charge in [0.15, 0.2) is 0 Å². The Kier molecular flexibility index (Phi) is 4.74. The first-order valence-electron chi connectivity index (χ1n) is 6.52. The minimum Gasteiger partial charge on any atom is -0.508 e. The molecule has 0 aliphatic rings. The zero-order valence-corrected chi connectivity index (χ0v) is 12.3. The van der Waals surface area contributed by atoms with Crippen molar-refractivity contribution in [2.24, 2.45) is 0 Å². The average molecular weight is 292 g/mol. The van der Waals surface area contributed by atoms with Crippen molar-refractivity contribution in [1.29, 1.82) is 0 Å². The van der Waals surface area contributed by atoms with Gasteiger partial charge in [0, 0.05) is 12.2 Å². The predicted octanol–water partition coefficient (Wildman–Crippen LogP) is 4.44. The molecular weight excluding hydrogens is 274 g/mol. The fourth-order valence-electron chi connectivity index (χ4n) is 1.83. The van der Waals surface area contributed by atoms with Gasteiger partial charge in [0.25, 0.3) is 0 Å². The van der Waals surface area contributed by atoms with Gasteiger partial charge in [-0.1, -0.05) is 23.7 Å². The van der Waals surface area contributed by atoms with Crippen LogP contribution in [0.2, 0.25) is 5.02 Å². The Balaban J connectivity index is 2.02. The van der Waals surface area contributed by atoms with Gasteiger partial charge in [-0.2, -0.15) is 0 Å². The zero-order chi connectivity index (χ0) is 14.5. The molecule has 0 fully saturated rings. The largest absolute Gasteiger partial charge is 0.508 e. The molecule has 0 saturated heterocycles. The van der Waals surface area contributed by atoms with E-state index in [9.17, 15) is 5.11 Å². The number of ether oxygens (including phenoxy) is 1. The molecule has 0 aliphatic heterocycles. The summed E-state index contributed by atoms with van der Waals surface area (Å²) < 4.78 is 5.59. The van der Waals surface area contributed by atoms with Gasteiger partial charge in [-0.3, -0.25) is 0 Å². The van der Waals surface area contributed by atoms with Crippen LogP contribution in [-0.4, -0.2) is 11.2 Å². The summed E-state index contributed by atoms with van der Waals surface area (Å²) in [4.78, 5) is 0. The van der Waals surface area contributed by atoms with Gasteiger partial charge in [0.2, 0.25) is 0 Å². The number of halogens is 1. The van der Waals surface area contributed by atoms with Crippen LogP contribution >= 0.6 is 11.6 Å². The Bertz CT molecular complexity index is 584. The van der Waals surface area contributed by atoms with E-state index in [1.54, 1.807) is 12.1 Å².